The number of aryl methyl sites for hydroxylation is 6. The minimum absolute atomic E-state index is 0.119. The summed E-state index contributed by atoms with van der Waals surface area (Å²) in [6.45, 7) is 23.7. The van der Waals surface area contributed by atoms with Crippen molar-refractivity contribution >= 4 is 0 Å². The Morgan fingerprint density at radius 2 is 0.945 bits per heavy atom. The second-order valence-corrected chi connectivity index (χ2v) is 21.0. The molecule has 0 heterocycles. The average molecular weight is 735 g/mol. The first-order chi connectivity index (χ1) is 26.2. The number of fused-ring (bicyclic) bond motifs is 5. The SMILES string of the molecule is CCc1cc2c(cc1C)C(CCCCCc1ccc3c(c1)CC3CC(C)(C)C)(CCCCCc1ccc3c(c1)CC3CC(C)(C)C)c1cc(C)c(CC)cc1-2. The lowest BCUT2D eigenvalue weighted by molar-refractivity contribution is 0.323. The number of hydrogen-bond donors (Lipinski definition) is 0. The molecule has 7 rings (SSSR count). The highest BCUT2D eigenvalue weighted by atomic mass is 14.5. The van der Waals surface area contributed by atoms with E-state index in [0.29, 0.717) is 10.8 Å². The standard InChI is InChI=1S/C55H74/c1-11-41-33-49-50-34-42(12-2)38(4)28-52(50)55(51(49)27-37(41)3,25-17-13-15-19-39-21-23-47-43(29-39)31-45(47)35-53(5,6)7)26-18-14-16-20-40-22-24-48-44(30-40)32-46(48)36-54(8,9)10/h21-24,27-30,33-34,45-46H,11-20,25-26,31-32,35-36H2,1-10H3. The van der Waals surface area contributed by atoms with Crippen LogP contribution in [0.1, 0.15) is 198 Å². The molecule has 0 nitrogen and oxygen atoms in total. The van der Waals surface area contributed by atoms with Gasteiger partial charge in [0.2, 0.25) is 0 Å². The van der Waals surface area contributed by atoms with Gasteiger partial charge in [-0.3, -0.25) is 0 Å². The van der Waals surface area contributed by atoms with Crippen molar-refractivity contribution in [3.05, 3.63) is 127 Å². The third-order valence-electron chi connectivity index (χ3n) is 14.1. The maximum atomic E-state index is 2.64. The largest absolute Gasteiger partial charge is 0.0613 e. The van der Waals surface area contributed by atoms with Crippen LogP contribution in [0, 0.1) is 24.7 Å². The zero-order chi connectivity index (χ0) is 39.1. The summed E-state index contributed by atoms with van der Waals surface area (Å²) in [5, 5.41) is 0. The summed E-state index contributed by atoms with van der Waals surface area (Å²) in [5.41, 5.74) is 22.9. The fraction of sp³-hybridized carbons (Fsp3) is 0.564. The van der Waals surface area contributed by atoms with E-state index in [1.165, 1.54) is 112 Å². The molecule has 0 aromatic heterocycles. The van der Waals surface area contributed by atoms with Crippen molar-refractivity contribution in [1.82, 2.24) is 0 Å². The van der Waals surface area contributed by atoms with Gasteiger partial charge in [-0.2, -0.15) is 0 Å². The molecule has 0 heteroatoms. The van der Waals surface area contributed by atoms with Crippen molar-refractivity contribution < 1.29 is 0 Å². The van der Waals surface area contributed by atoms with E-state index < -0.39 is 0 Å². The molecule has 2 atom stereocenters. The Hall–Kier alpha value is -3.12. The van der Waals surface area contributed by atoms with Gasteiger partial charge in [0.15, 0.2) is 0 Å². The van der Waals surface area contributed by atoms with Crippen LogP contribution in [0.2, 0.25) is 0 Å². The normalized spacial score (nSPS) is 17.9. The number of benzene rings is 4. The summed E-state index contributed by atoms with van der Waals surface area (Å²) in [6, 6.07) is 25.4. The molecule has 0 amide bonds. The Bertz CT molecular complexity index is 1840. The summed E-state index contributed by atoms with van der Waals surface area (Å²) < 4.78 is 0. The van der Waals surface area contributed by atoms with Crippen molar-refractivity contribution in [1.29, 1.82) is 0 Å². The Kier molecular flexibility index (Phi) is 11.7. The van der Waals surface area contributed by atoms with E-state index in [0.717, 1.165) is 24.7 Å². The zero-order valence-electron chi connectivity index (χ0n) is 36.7. The van der Waals surface area contributed by atoms with Crippen LogP contribution in [-0.2, 0) is 43.9 Å². The molecule has 0 saturated heterocycles. The van der Waals surface area contributed by atoms with Gasteiger partial charge in [0.05, 0.1) is 0 Å². The lowest BCUT2D eigenvalue weighted by Crippen LogP contribution is -2.26. The topological polar surface area (TPSA) is 0 Å². The van der Waals surface area contributed by atoms with Crippen LogP contribution in [0.3, 0.4) is 0 Å². The maximum Gasteiger partial charge on any atom is 0.0215 e. The minimum atomic E-state index is 0.119. The van der Waals surface area contributed by atoms with E-state index in [1.54, 1.807) is 55.6 Å². The molecule has 0 saturated carbocycles. The molecule has 294 valence electrons. The second-order valence-electron chi connectivity index (χ2n) is 21.0. The Balaban J connectivity index is 1.04. The fourth-order valence-electron chi connectivity index (χ4n) is 11.3. The quantitative estimate of drug-likeness (QED) is 0.101. The van der Waals surface area contributed by atoms with Crippen molar-refractivity contribution in [2.45, 2.75) is 189 Å². The van der Waals surface area contributed by atoms with E-state index >= 15 is 0 Å². The van der Waals surface area contributed by atoms with Gasteiger partial charge in [0.1, 0.15) is 0 Å². The van der Waals surface area contributed by atoms with Crippen molar-refractivity contribution in [2.24, 2.45) is 10.8 Å². The lowest BCUT2D eigenvalue weighted by Gasteiger charge is -2.35. The number of rotatable bonds is 16. The van der Waals surface area contributed by atoms with Crippen LogP contribution < -0.4 is 0 Å². The van der Waals surface area contributed by atoms with E-state index in [1.807, 2.05) is 0 Å². The molecule has 0 N–H and O–H groups in total. The third-order valence-corrected chi connectivity index (χ3v) is 14.1. The summed E-state index contributed by atoms with van der Waals surface area (Å²) in [5.74, 6) is 1.54. The molecule has 0 bridgehead atoms. The average Bonchev–Trinajstić information content (AvgIpc) is 3.34. The van der Waals surface area contributed by atoms with E-state index in [2.05, 4.69) is 130 Å². The third kappa shape index (κ3) is 8.60. The van der Waals surface area contributed by atoms with Gasteiger partial charge in [0.25, 0.3) is 0 Å². The van der Waals surface area contributed by atoms with Crippen LogP contribution >= 0.6 is 0 Å². The smallest absolute Gasteiger partial charge is 0.0215 e. The number of unbranched alkanes of at least 4 members (excludes halogenated alkanes) is 4. The first-order valence-electron chi connectivity index (χ1n) is 22.7. The van der Waals surface area contributed by atoms with Crippen molar-refractivity contribution in [2.75, 3.05) is 0 Å². The Labute approximate surface area is 337 Å². The molecule has 0 aliphatic heterocycles. The molecular weight excluding hydrogens is 661 g/mol. The highest BCUT2D eigenvalue weighted by Crippen LogP contribution is 2.56. The van der Waals surface area contributed by atoms with E-state index in [4.69, 9.17) is 0 Å². The van der Waals surface area contributed by atoms with Crippen LogP contribution in [0.25, 0.3) is 11.1 Å². The first-order valence-corrected chi connectivity index (χ1v) is 22.7. The van der Waals surface area contributed by atoms with Gasteiger partial charge in [-0.1, -0.05) is 142 Å². The van der Waals surface area contributed by atoms with Crippen LogP contribution in [0.4, 0.5) is 0 Å². The Morgan fingerprint density at radius 1 is 0.527 bits per heavy atom. The molecule has 3 aliphatic carbocycles. The summed E-state index contributed by atoms with van der Waals surface area (Å²) in [6.07, 6.45) is 20.1. The van der Waals surface area contributed by atoms with Gasteiger partial charge >= 0.3 is 0 Å². The Morgan fingerprint density at radius 3 is 1.31 bits per heavy atom. The van der Waals surface area contributed by atoms with Gasteiger partial charge in [0, 0.05) is 5.41 Å². The fourth-order valence-corrected chi connectivity index (χ4v) is 11.3. The molecule has 0 fully saturated rings. The van der Waals surface area contributed by atoms with Crippen LogP contribution in [-0.4, -0.2) is 0 Å². The molecular formula is C55H74. The highest BCUT2D eigenvalue weighted by molar-refractivity contribution is 5.83. The predicted molar refractivity (Wildman–Crippen MR) is 239 cm³/mol. The molecule has 3 aliphatic rings. The first kappa shape index (κ1) is 40.1. The maximum absolute atomic E-state index is 2.64. The minimum Gasteiger partial charge on any atom is -0.0613 e. The van der Waals surface area contributed by atoms with Crippen LogP contribution in [0.5, 0.6) is 0 Å². The second kappa shape index (κ2) is 16.0. The van der Waals surface area contributed by atoms with E-state index in [-0.39, 0.29) is 5.41 Å². The molecule has 2 unspecified atom stereocenters. The highest BCUT2D eigenvalue weighted by Gasteiger charge is 2.43. The van der Waals surface area contributed by atoms with Crippen LogP contribution in [0.15, 0.2) is 60.7 Å². The summed E-state index contributed by atoms with van der Waals surface area (Å²) >= 11 is 0. The van der Waals surface area contributed by atoms with Crippen molar-refractivity contribution in [3.8, 4) is 11.1 Å². The lowest BCUT2D eigenvalue weighted by atomic mass is 9.69. The van der Waals surface area contributed by atoms with Gasteiger partial charge in [-0.25, -0.2) is 0 Å². The van der Waals surface area contributed by atoms with Gasteiger partial charge in [-0.15, -0.1) is 0 Å². The molecule has 55 heavy (non-hydrogen) atoms. The molecule has 0 spiro atoms. The summed E-state index contributed by atoms with van der Waals surface area (Å²) in [4.78, 5) is 0. The van der Waals surface area contributed by atoms with Gasteiger partial charge < -0.3 is 0 Å². The number of hydrogen-bond acceptors (Lipinski definition) is 0. The molecule has 0 radical (unpaired) electrons. The predicted octanol–water partition coefficient (Wildman–Crippen LogP) is 15.5. The monoisotopic (exact) mass is 735 g/mol. The zero-order valence-corrected chi connectivity index (χ0v) is 36.7. The molecule has 4 aromatic rings. The molecule has 4 aromatic carbocycles. The summed E-state index contributed by atoms with van der Waals surface area (Å²) in [7, 11) is 0. The van der Waals surface area contributed by atoms with Crippen molar-refractivity contribution in [3.63, 3.8) is 0 Å². The van der Waals surface area contributed by atoms with Gasteiger partial charge in [-0.05, 0) is 191 Å². The van der Waals surface area contributed by atoms with E-state index in [9.17, 15) is 0 Å².